The second-order valence-electron chi connectivity index (χ2n) is 9.27. The number of nitrogens with one attached hydrogen (secondary N) is 1. The number of carbonyl (C=O) groups is 3. The van der Waals surface area contributed by atoms with E-state index in [0.717, 1.165) is 21.7 Å². The predicted molar refractivity (Wildman–Crippen MR) is 128 cm³/mol. The second-order valence-corrected chi connectivity index (χ2v) is 10.2. The van der Waals surface area contributed by atoms with Gasteiger partial charge in [0.2, 0.25) is 0 Å². The molecule has 2 aliphatic rings. The fourth-order valence-electron chi connectivity index (χ4n) is 5.29. The minimum Gasteiger partial charge on any atom is -0.339 e. The first-order chi connectivity index (χ1) is 15.7. The van der Waals surface area contributed by atoms with Gasteiger partial charge >= 0.3 is 6.03 Å². The van der Waals surface area contributed by atoms with Gasteiger partial charge in [-0.15, -0.1) is 11.3 Å². The van der Waals surface area contributed by atoms with Crippen LogP contribution in [0.2, 0.25) is 0 Å². The molecule has 2 fully saturated rings. The number of hydrogen-bond donors (Lipinski definition) is 1. The molecule has 4 rings (SSSR count). The van der Waals surface area contributed by atoms with Crippen molar-refractivity contribution in [3.05, 3.63) is 51.0 Å². The van der Waals surface area contributed by atoms with E-state index >= 15 is 0 Å². The average molecular weight is 469 g/mol. The van der Waals surface area contributed by atoms with Gasteiger partial charge in [0.25, 0.3) is 11.8 Å². The molecule has 1 aromatic carbocycles. The minimum atomic E-state index is -0.880. The fourth-order valence-corrected chi connectivity index (χ4v) is 6.06. The molecule has 1 aromatic heterocycles. The van der Waals surface area contributed by atoms with Crippen molar-refractivity contribution in [1.29, 1.82) is 0 Å². The number of nitrogens with zero attached hydrogens (tertiary/aromatic N) is 3. The Morgan fingerprint density at radius 1 is 1.15 bits per heavy atom. The molecule has 4 amide bonds. The van der Waals surface area contributed by atoms with Crippen LogP contribution >= 0.6 is 11.3 Å². The Bertz CT molecular complexity index is 1050. The quantitative estimate of drug-likeness (QED) is 0.653. The fraction of sp³-hybridized carbons (Fsp3) is 0.520. The van der Waals surface area contributed by atoms with Gasteiger partial charge in [-0.3, -0.25) is 14.5 Å². The largest absolute Gasteiger partial charge is 0.339 e. The second kappa shape index (κ2) is 9.25. The summed E-state index contributed by atoms with van der Waals surface area (Å²) < 4.78 is 0. The van der Waals surface area contributed by atoms with Gasteiger partial charge in [-0.25, -0.2) is 9.78 Å². The first-order valence-electron chi connectivity index (χ1n) is 11.7. The van der Waals surface area contributed by atoms with Crippen LogP contribution in [0.15, 0.2) is 23.7 Å². The molecule has 0 radical (unpaired) electrons. The highest BCUT2D eigenvalue weighted by molar-refractivity contribution is 7.09. The first kappa shape index (κ1) is 23.4. The molecule has 176 valence electrons. The summed E-state index contributed by atoms with van der Waals surface area (Å²) in [6.07, 6.45) is 2.55. The highest BCUT2D eigenvalue weighted by atomic mass is 32.1. The van der Waals surface area contributed by atoms with Gasteiger partial charge in [0.1, 0.15) is 5.54 Å². The predicted octanol–water partition coefficient (Wildman–Crippen LogP) is 3.86. The number of aromatic nitrogens is 1. The molecular formula is C25H32N4O3S. The molecule has 1 N–H and O–H groups in total. The topological polar surface area (TPSA) is 82.6 Å². The summed E-state index contributed by atoms with van der Waals surface area (Å²) in [4.78, 5) is 47.9. The third-order valence-corrected chi connectivity index (χ3v) is 8.11. The average Bonchev–Trinajstić information content (AvgIpc) is 3.31. The van der Waals surface area contributed by atoms with Crippen molar-refractivity contribution >= 4 is 29.2 Å². The van der Waals surface area contributed by atoms with Crippen LogP contribution < -0.4 is 5.32 Å². The standard InChI is InChI=1S/C25H32N4O3S/c1-5-25(23(31)29(24(32)27-25)11-8-21-18(4)26-15-33-21)20-6-9-28(10-7-20)22(30)19-13-16(2)12-17(3)14-19/h12-15,20H,5-11H2,1-4H3,(H,27,32)/t25-/m1/s1. The molecule has 8 heteroatoms. The van der Waals surface area contributed by atoms with Gasteiger partial charge in [-0.2, -0.15) is 0 Å². The molecular weight excluding hydrogens is 436 g/mol. The Hall–Kier alpha value is -2.74. The van der Waals surface area contributed by atoms with Crippen LogP contribution in [0, 0.1) is 26.7 Å². The SMILES string of the molecule is CC[C@]1(C2CCN(C(=O)c3cc(C)cc(C)c3)CC2)NC(=O)N(CCc2scnc2C)C1=O. The molecule has 0 aliphatic carbocycles. The number of likely N-dealkylation sites (tertiary alicyclic amines) is 1. The maximum atomic E-state index is 13.5. The maximum Gasteiger partial charge on any atom is 0.325 e. The molecule has 0 bridgehead atoms. The monoisotopic (exact) mass is 468 g/mol. The molecule has 0 spiro atoms. The normalized spacial score (nSPS) is 21.6. The number of thiazole rings is 1. The Kier molecular flexibility index (Phi) is 6.56. The van der Waals surface area contributed by atoms with Crippen LogP contribution in [0.5, 0.6) is 0 Å². The van der Waals surface area contributed by atoms with Gasteiger partial charge in [-0.1, -0.05) is 24.1 Å². The zero-order chi connectivity index (χ0) is 23.8. The highest BCUT2D eigenvalue weighted by Crippen LogP contribution is 2.36. The lowest BCUT2D eigenvalue weighted by molar-refractivity contribution is -0.134. The van der Waals surface area contributed by atoms with Crippen LogP contribution in [-0.4, -0.2) is 57.8 Å². The van der Waals surface area contributed by atoms with Crippen LogP contribution in [0.25, 0.3) is 0 Å². The van der Waals surface area contributed by atoms with Crippen molar-refractivity contribution in [1.82, 2.24) is 20.1 Å². The van der Waals surface area contributed by atoms with E-state index in [4.69, 9.17) is 0 Å². The zero-order valence-electron chi connectivity index (χ0n) is 19.8. The van der Waals surface area contributed by atoms with Gasteiger partial charge in [0, 0.05) is 36.5 Å². The molecule has 7 nitrogen and oxygen atoms in total. The van der Waals surface area contributed by atoms with Gasteiger partial charge in [0.05, 0.1) is 11.2 Å². The van der Waals surface area contributed by atoms with Crippen molar-refractivity contribution in [3.63, 3.8) is 0 Å². The van der Waals surface area contributed by atoms with Crippen LogP contribution in [0.1, 0.15) is 58.2 Å². The summed E-state index contributed by atoms with van der Waals surface area (Å²) in [5, 5.41) is 3.04. The molecule has 33 heavy (non-hydrogen) atoms. The van der Waals surface area contributed by atoms with Crippen molar-refractivity contribution in [2.45, 2.75) is 58.9 Å². The van der Waals surface area contributed by atoms with E-state index in [2.05, 4.69) is 16.4 Å². The van der Waals surface area contributed by atoms with E-state index in [1.807, 2.05) is 44.7 Å². The molecule has 3 heterocycles. The first-order valence-corrected chi connectivity index (χ1v) is 12.5. The molecule has 1 atom stereocenters. The Morgan fingerprint density at radius 2 is 1.82 bits per heavy atom. The van der Waals surface area contributed by atoms with E-state index in [1.165, 1.54) is 4.90 Å². The number of aryl methyl sites for hydroxylation is 3. The lowest BCUT2D eigenvalue weighted by Gasteiger charge is -2.40. The Morgan fingerprint density at radius 3 is 2.39 bits per heavy atom. The number of piperidine rings is 1. The number of rotatable bonds is 6. The number of carbonyl (C=O) groups excluding carboxylic acids is 3. The summed E-state index contributed by atoms with van der Waals surface area (Å²) in [5.74, 6) is -0.0808. The van der Waals surface area contributed by atoms with Crippen molar-refractivity contribution in [2.24, 2.45) is 5.92 Å². The molecule has 2 aromatic rings. The van der Waals surface area contributed by atoms with Crippen LogP contribution in [0.3, 0.4) is 0 Å². The molecule has 2 saturated heterocycles. The van der Waals surface area contributed by atoms with Gasteiger partial charge in [-0.05, 0) is 58.1 Å². The summed E-state index contributed by atoms with van der Waals surface area (Å²) >= 11 is 1.55. The summed E-state index contributed by atoms with van der Waals surface area (Å²) in [6, 6.07) is 5.61. The minimum absolute atomic E-state index is 0.0115. The van der Waals surface area contributed by atoms with Crippen molar-refractivity contribution < 1.29 is 14.4 Å². The van der Waals surface area contributed by atoms with E-state index < -0.39 is 5.54 Å². The Labute approximate surface area is 199 Å². The molecule has 0 unspecified atom stereocenters. The molecule has 0 saturated carbocycles. The third kappa shape index (κ3) is 4.40. The lowest BCUT2D eigenvalue weighted by Crippen LogP contribution is -2.56. The zero-order valence-corrected chi connectivity index (χ0v) is 20.6. The summed E-state index contributed by atoms with van der Waals surface area (Å²) in [7, 11) is 0. The van der Waals surface area contributed by atoms with Crippen molar-refractivity contribution in [3.8, 4) is 0 Å². The van der Waals surface area contributed by atoms with E-state index in [9.17, 15) is 14.4 Å². The number of urea groups is 1. The highest BCUT2D eigenvalue weighted by Gasteiger charge is 2.54. The van der Waals surface area contributed by atoms with E-state index in [0.29, 0.717) is 50.9 Å². The third-order valence-electron chi connectivity index (χ3n) is 7.11. The lowest BCUT2D eigenvalue weighted by atomic mass is 9.75. The number of amides is 4. The summed E-state index contributed by atoms with van der Waals surface area (Å²) in [6.45, 7) is 9.43. The van der Waals surface area contributed by atoms with Gasteiger partial charge < -0.3 is 10.2 Å². The van der Waals surface area contributed by atoms with Crippen molar-refractivity contribution in [2.75, 3.05) is 19.6 Å². The van der Waals surface area contributed by atoms with Gasteiger partial charge in [0.15, 0.2) is 0 Å². The smallest absolute Gasteiger partial charge is 0.325 e. The van der Waals surface area contributed by atoms with Crippen LogP contribution in [-0.2, 0) is 11.2 Å². The number of imide groups is 1. The number of hydrogen-bond acceptors (Lipinski definition) is 5. The number of benzene rings is 1. The summed E-state index contributed by atoms with van der Waals surface area (Å²) in [5.41, 5.74) is 4.73. The Balaban J connectivity index is 1.43. The van der Waals surface area contributed by atoms with E-state index in [-0.39, 0.29) is 23.8 Å². The van der Waals surface area contributed by atoms with E-state index in [1.54, 1.807) is 16.8 Å². The van der Waals surface area contributed by atoms with Crippen LogP contribution in [0.4, 0.5) is 4.79 Å². The molecule has 2 aliphatic heterocycles. The maximum absolute atomic E-state index is 13.5.